The molecular weight excluding hydrogens is 387 g/mol. The lowest BCUT2D eigenvalue weighted by Gasteiger charge is -1.98. The summed E-state index contributed by atoms with van der Waals surface area (Å²) in [6.07, 6.45) is 0. The molecule has 0 N–H and O–H groups in total. The zero-order chi connectivity index (χ0) is 16.2. The summed E-state index contributed by atoms with van der Waals surface area (Å²) < 4.78 is 1.14. The molecule has 3 rings (SSSR count). The van der Waals surface area contributed by atoms with Gasteiger partial charge < -0.3 is 0 Å². The summed E-state index contributed by atoms with van der Waals surface area (Å²) in [7, 11) is 3.39. The first kappa shape index (κ1) is 16.9. The molecule has 1 heterocycles. The lowest BCUT2D eigenvalue weighted by molar-refractivity contribution is 0.102. The van der Waals surface area contributed by atoms with Crippen molar-refractivity contribution in [3.8, 4) is 10.4 Å². The monoisotopic (exact) mass is 397 g/mol. The van der Waals surface area contributed by atoms with Gasteiger partial charge in [-0.25, -0.2) is 0 Å². The molecule has 2 aromatic carbocycles. The van der Waals surface area contributed by atoms with Crippen LogP contribution in [0.3, 0.4) is 0 Å². The highest BCUT2D eigenvalue weighted by atomic mass is 35.5. The number of hydrogen-bond donors (Lipinski definition) is 0. The zero-order valence-electron chi connectivity index (χ0n) is 11.8. The second-order valence-electron chi connectivity index (χ2n) is 4.72. The van der Waals surface area contributed by atoms with E-state index in [9.17, 15) is 4.79 Å². The third kappa shape index (κ3) is 4.55. The molecule has 0 fully saturated rings. The minimum absolute atomic E-state index is 0.109. The maximum absolute atomic E-state index is 12.2. The molecule has 0 spiro atoms. The summed E-state index contributed by atoms with van der Waals surface area (Å²) in [6.45, 7) is 0. The van der Waals surface area contributed by atoms with Gasteiger partial charge in [0.1, 0.15) is 0 Å². The lowest BCUT2D eigenvalue weighted by Crippen LogP contribution is -2.01. The van der Waals surface area contributed by atoms with Crippen LogP contribution in [0.4, 0.5) is 0 Å². The van der Waals surface area contributed by atoms with E-state index in [2.05, 4.69) is 6.07 Å². The Kier molecular flexibility index (Phi) is 5.72. The van der Waals surface area contributed by atoms with E-state index in [1.54, 1.807) is 56.7 Å². The van der Waals surface area contributed by atoms with Crippen LogP contribution in [0.2, 0.25) is 10.0 Å². The van der Waals surface area contributed by atoms with Crippen LogP contribution in [0, 0.1) is 0 Å². The van der Waals surface area contributed by atoms with Crippen molar-refractivity contribution < 1.29 is 4.79 Å². The SMILES string of the molecule is O=C(CSc1cc(-c2ccc(Cl)cc2)s[s+]1)c1ccc(Cl)cc1. The molecule has 0 aliphatic rings. The highest BCUT2D eigenvalue weighted by Crippen LogP contribution is 2.37. The maximum atomic E-state index is 12.2. The molecule has 3 aromatic rings. The minimum atomic E-state index is 0.109. The van der Waals surface area contributed by atoms with E-state index in [1.165, 1.54) is 4.88 Å². The van der Waals surface area contributed by atoms with Crippen LogP contribution < -0.4 is 0 Å². The topological polar surface area (TPSA) is 17.1 Å². The van der Waals surface area contributed by atoms with Crippen LogP contribution >= 0.6 is 55.6 Å². The van der Waals surface area contributed by atoms with Crippen molar-refractivity contribution in [1.29, 1.82) is 0 Å². The van der Waals surface area contributed by atoms with E-state index in [1.807, 2.05) is 24.3 Å². The van der Waals surface area contributed by atoms with E-state index in [0.29, 0.717) is 16.3 Å². The Bertz CT molecular complexity index is 811. The predicted molar refractivity (Wildman–Crippen MR) is 104 cm³/mol. The molecule has 1 nitrogen and oxygen atoms in total. The number of hydrogen-bond acceptors (Lipinski definition) is 3. The molecule has 0 saturated carbocycles. The van der Waals surface area contributed by atoms with Gasteiger partial charge >= 0.3 is 10.3 Å². The van der Waals surface area contributed by atoms with Gasteiger partial charge in [-0.1, -0.05) is 47.1 Å². The van der Waals surface area contributed by atoms with Gasteiger partial charge in [-0.15, -0.1) is 0 Å². The van der Waals surface area contributed by atoms with Gasteiger partial charge in [0.2, 0.25) is 0 Å². The summed E-state index contributed by atoms with van der Waals surface area (Å²) in [5.74, 6) is 0.535. The standard InChI is InChI=1S/C17H11Cl2OS3/c18-13-5-1-11(2-6-13)15(20)10-21-17-9-16(22-23-17)12-3-7-14(19)8-4-12/h1-9H,10H2/q+1. The summed E-state index contributed by atoms with van der Waals surface area (Å²) >= 11 is 13.3. The Hall–Kier alpha value is -0.910. The Balaban J connectivity index is 1.64. The quantitative estimate of drug-likeness (QED) is 0.198. The number of benzene rings is 2. The Morgan fingerprint density at radius 1 is 1.00 bits per heavy atom. The number of halogens is 2. The van der Waals surface area contributed by atoms with Crippen molar-refractivity contribution in [2.75, 3.05) is 5.75 Å². The fourth-order valence-corrected chi connectivity index (χ4v) is 5.89. The van der Waals surface area contributed by atoms with Crippen molar-refractivity contribution >= 4 is 61.4 Å². The maximum Gasteiger partial charge on any atom is 0.308 e. The third-order valence-corrected chi connectivity index (χ3v) is 7.56. The van der Waals surface area contributed by atoms with Crippen LogP contribution in [0.5, 0.6) is 0 Å². The van der Waals surface area contributed by atoms with Crippen molar-refractivity contribution in [1.82, 2.24) is 0 Å². The zero-order valence-corrected chi connectivity index (χ0v) is 15.8. The fourth-order valence-electron chi connectivity index (χ4n) is 1.91. The molecular formula is C17H11Cl2OS3+. The van der Waals surface area contributed by atoms with E-state index < -0.39 is 0 Å². The van der Waals surface area contributed by atoms with Crippen LogP contribution in [-0.4, -0.2) is 11.5 Å². The molecule has 0 bridgehead atoms. The van der Waals surface area contributed by atoms with E-state index in [4.69, 9.17) is 23.2 Å². The Morgan fingerprint density at radius 2 is 1.61 bits per heavy atom. The summed E-state index contributed by atoms with van der Waals surface area (Å²) in [6, 6.07) is 16.9. The number of rotatable bonds is 5. The highest BCUT2D eigenvalue weighted by Gasteiger charge is 2.17. The van der Waals surface area contributed by atoms with E-state index >= 15 is 0 Å². The molecule has 0 radical (unpaired) electrons. The van der Waals surface area contributed by atoms with Crippen molar-refractivity contribution in [3.05, 3.63) is 70.2 Å². The highest BCUT2D eigenvalue weighted by molar-refractivity contribution is 8.03. The van der Waals surface area contributed by atoms with Crippen LogP contribution in [0.1, 0.15) is 10.4 Å². The molecule has 23 heavy (non-hydrogen) atoms. The Morgan fingerprint density at radius 3 is 2.26 bits per heavy atom. The molecule has 1 aromatic heterocycles. The molecule has 6 heteroatoms. The van der Waals surface area contributed by atoms with Gasteiger partial charge in [0.15, 0.2) is 16.1 Å². The van der Waals surface area contributed by atoms with Gasteiger partial charge in [-0.05, 0) is 42.0 Å². The van der Waals surface area contributed by atoms with E-state index in [0.717, 1.165) is 14.8 Å². The fraction of sp³-hybridized carbons (Fsp3) is 0.0588. The first-order valence-corrected chi connectivity index (χ1v) is 10.6. The second kappa shape index (κ2) is 7.77. The van der Waals surface area contributed by atoms with Gasteiger partial charge in [-0.3, -0.25) is 4.79 Å². The molecule has 0 saturated heterocycles. The summed E-state index contributed by atoms with van der Waals surface area (Å²) in [4.78, 5) is 13.4. The van der Waals surface area contributed by atoms with Crippen molar-refractivity contribution in [2.45, 2.75) is 4.21 Å². The Labute approximate surface area is 156 Å². The molecule has 116 valence electrons. The van der Waals surface area contributed by atoms with Crippen LogP contribution in [-0.2, 0) is 0 Å². The number of Topliss-reactive ketones (excluding diaryl/α,β-unsaturated/α-hetero) is 1. The first-order valence-electron chi connectivity index (χ1n) is 6.72. The number of ketones is 1. The molecule has 0 aliphatic carbocycles. The second-order valence-corrected chi connectivity index (χ2v) is 9.08. The number of carbonyl (C=O) groups is 1. The van der Waals surface area contributed by atoms with Gasteiger partial charge in [0.05, 0.1) is 10.6 Å². The van der Waals surface area contributed by atoms with Crippen molar-refractivity contribution in [2.24, 2.45) is 0 Å². The average molecular weight is 398 g/mol. The molecule has 0 amide bonds. The third-order valence-electron chi connectivity index (χ3n) is 3.10. The molecule has 0 unspecified atom stereocenters. The van der Waals surface area contributed by atoms with Gasteiger partial charge in [0.25, 0.3) is 4.21 Å². The van der Waals surface area contributed by atoms with Gasteiger partial charge in [-0.2, -0.15) is 0 Å². The van der Waals surface area contributed by atoms with Crippen molar-refractivity contribution in [3.63, 3.8) is 0 Å². The lowest BCUT2D eigenvalue weighted by atomic mass is 10.1. The summed E-state index contributed by atoms with van der Waals surface area (Å²) in [5.41, 5.74) is 1.84. The normalized spacial score (nSPS) is 10.7. The number of thioether (sulfide) groups is 1. The van der Waals surface area contributed by atoms with E-state index in [-0.39, 0.29) is 5.78 Å². The van der Waals surface area contributed by atoms with Crippen LogP contribution in [0.25, 0.3) is 10.4 Å². The molecule has 0 aliphatic heterocycles. The van der Waals surface area contributed by atoms with Gasteiger partial charge in [0, 0.05) is 21.7 Å². The average Bonchev–Trinajstić information content (AvgIpc) is 3.03. The smallest absolute Gasteiger partial charge is 0.293 e. The summed E-state index contributed by atoms with van der Waals surface area (Å²) in [5, 5.41) is 1.37. The molecule has 0 atom stereocenters. The first-order chi connectivity index (χ1) is 11.1. The predicted octanol–water partition coefficient (Wildman–Crippen LogP) is 7.04. The van der Waals surface area contributed by atoms with Crippen LogP contribution in [0.15, 0.2) is 58.8 Å². The minimum Gasteiger partial charge on any atom is -0.293 e. The largest absolute Gasteiger partial charge is 0.308 e. The number of carbonyl (C=O) groups excluding carboxylic acids is 1.